The zero-order valence-corrected chi connectivity index (χ0v) is 9.75. The third kappa shape index (κ3) is 4.66. The Bertz CT molecular complexity index is 338. The fraction of sp³-hybridized carbons (Fsp3) is 0.583. The SMILES string of the molecule is C#CCCn1ccc(CNC(C)(C)C)n1. The van der Waals surface area contributed by atoms with E-state index in [1.54, 1.807) is 0 Å². The second-order valence-electron chi connectivity index (χ2n) is 4.63. The van der Waals surface area contributed by atoms with E-state index in [9.17, 15) is 0 Å². The zero-order chi connectivity index (χ0) is 11.3. The molecule has 0 aliphatic heterocycles. The smallest absolute Gasteiger partial charge is 0.0762 e. The molecule has 0 spiro atoms. The van der Waals surface area contributed by atoms with Crippen LogP contribution >= 0.6 is 0 Å². The molecule has 0 aliphatic rings. The van der Waals surface area contributed by atoms with Crippen molar-refractivity contribution in [2.45, 2.75) is 45.8 Å². The summed E-state index contributed by atoms with van der Waals surface area (Å²) in [5, 5.41) is 7.80. The molecule has 0 aliphatic carbocycles. The summed E-state index contributed by atoms with van der Waals surface area (Å²) >= 11 is 0. The van der Waals surface area contributed by atoms with Gasteiger partial charge >= 0.3 is 0 Å². The van der Waals surface area contributed by atoms with Crippen LogP contribution in [0.25, 0.3) is 0 Å². The largest absolute Gasteiger partial charge is 0.306 e. The average Bonchev–Trinajstić information content (AvgIpc) is 2.58. The molecule has 1 heterocycles. The molecule has 0 saturated heterocycles. The molecule has 0 fully saturated rings. The molecular formula is C12H19N3. The van der Waals surface area contributed by atoms with Crippen LogP contribution in [0.1, 0.15) is 32.9 Å². The number of nitrogens with one attached hydrogen (secondary N) is 1. The van der Waals surface area contributed by atoms with Crippen molar-refractivity contribution in [2.75, 3.05) is 0 Å². The average molecular weight is 205 g/mol. The van der Waals surface area contributed by atoms with Crippen molar-refractivity contribution in [3.05, 3.63) is 18.0 Å². The molecule has 15 heavy (non-hydrogen) atoms. The molecule has 0 saturated carbocycles. The maximum Gasteiger partial charge on any atom is 0.0762 e. The molecule has 0 radical (unpaired) electrons. The van der Waals surface area contributed by atoms with Crippen LogP contribution in [0, 0.1) is 12.3 Å². The lowest BCUT2D eigenvalue weighted by Gasteiger charge is -2.19. The van der Waals surface area contributed by atoms with Gasteiger partial charge in [-0.1, -0.05) is 0 Å². The zero-order valence-electron chi connectivity index (χ0n) is 9.75. The van der Waals surface area contributed by atoms with Gasteiger partial charge in [0.25, 0.3) is 0 Å². The van der Waals surface area contributed by atoms with Crippen molar-refractivity contribution in [1.82, 2.24) is 15.1 Å². The number of terminal acetylenes is 1. The van der Waals surface area contributed by atoms with Crippen LogP contribution in [0.2, 0.25) is 0 Å². The fourth-order valence-corrected chi connectivity index (χ4v) is 1.16. The van der Waals surface area contributed by atoms with E-state index < -0.39 is 0 Å². The molecule has 1 aromatic heterocycles. The van der Waals surface area contributed by atoms with Crippen molar-refractivity contribution in [3.63, 3.8) is 0 Å². The minimum Gasteiger partial charge on any atom is -0.306 e. The van der Waals surface area contributed by atoms with Gasteiger partial charge in [0.15, 0.2) is 0 Å². The Balaban J connectivity index is 2.43. The fourth-order valence-electron chi connectivity index (χ4n) is 1.16. The van der Waals surface area contributed by atoms with Crippen molar-refractivity contribution >= 4 is 0 Å². The first-order valence-corrected chi connectivity index (χ1v) is 5.22. The van der Waals surface area contributed by atoms with Crippen molar-refractivity contribution in [2.24, 2.45) is 0 Å². The van der Waals surface area contributed by atoms with Gasteiger partial charge in [-0.15, -0.1) is 12.3 Å². The van der Waals surface area contributed by atoms with Crippen molar-refractivity contribution < 1.29 is 0 Å². The Morgan fingerprint density at radius 3 is 2.87 bits per heavy atom. The summed E-state index contributed by atoms with van der Waals surface area (Å²) in [7, 11) is 0. The van der Waals surface area contributed by atoms with Gasteiger partial charge < -0.3 is 5.32 Å². The van der Waals surface area contributed by atoms with Crippen LogP contribution in [0.5, 0.6) is 0 Å². The van der Waals surface area contributed by atoms with Gasteiger partial charge in [0.1, 0.15) is 0 Å². The molecular weight excluding hydrogens is 186 g/mol. The second-order valence-corrected chi connectivity index (χ2v) is 4.63. The van der Waals surface area contributed by atoms with E-state index in [0.29, 0.717) is 0 Å². The first-order valence-electron chi connectivity index (χ1n) is 5.22. The van der Waals surface area contributed by atoms with Crippen molar-refractivity contribution in [3.8, 4) is 12.3 Å². The molecule has 0 bridgehead atoms. The summed E-state index contributed by atoms with van der Waals surface area (Å²) in [4.78, 5) is 0. The van der Waals surface area contributed by atoms with Gasteiger partial charge in [0, 0.05) is 24.7 Å². The minimum atomic E-state index is 0.128. The molecule has 3 heteroatoms. The summed E-state index contributed by atoms with van der Waals surface area (Å²) in [6.07, 6.45) is 7.89. The highest BCUT2D eigenvalue weighted by molar-refractivity contribution is 4.99. The maximum absolute atomic E-state index is 5.20. The number of aromatic nitrogens is 2. The molecule has 0 atom stereocenters. The van der Waals surface area contributed by atoms with E-state index in [-0.39, 0.29) is 5.54 Å². The number of hydrogen-bond acceptors (Lipinski definition) is 2. The first kappa shape index (κ1) is 11.8. The summed E-state index contributed by atoms with van der Waals surface area (Å²) in [5.74, 6) is 2.61. The van der Waals surface area contributed by atoms with Crippen LogP contribution in [0.4, 0.5) is 0 Å². The number of rotatable bonds is 4. The molecule has 0 aromatic carbocycles. The van der Waals surface area contributed by atoms with Gasteiger partial charge in [0.05, 0.1) is 12.2 Å². The molecule has 82 valence electrons. The first-order chi connectivity index (χ1) is 7.01. The molecule has 1 aromatic rings. The number of hydrogen-bond donors (Lipinski definition) is 1. The number of aryl methyl sites for hydroxylation is 1. The monoisotopic (exact) mass is 205 g/mol. The Morgan fingerprint density at radius 2 is 2.27 bits per heavy atom. The summed E-state index contributed by atoms with van der Waals surface area (Å²) < 4.78 is 1.89. The van der Waals surface area contributed by atoms with Gasteiger partial charge in [-0.05, 0) is 26.8 Å². The Morgan fingerprint density at radius 1 is 1.53 bits per heavy atom. The third-order valence-electron chi connectivity index (χ3n) is 1.98. The number of nitrogens with zero attached hydrogens (tertiary/aromatic N) is 2. The van der Waals surface area contributed by atoms with Gasteiger partial charge in [0.2, 0.25) is 0 Å². The van der Waals surface area contributed by atoms with Gasteiger partial charge in [-0.25, -0.2) is 0 Å². The molecule has 1 N–H and O–H groups in total. The summed E-state index contributed by atoms with van der Waals surface area (Å²) in [6.45, 7) is 8.02. The second kappa shape index (κ2) is 4.99. The van der Waals surface area contributed by atoms with Crippen LogP contribution in [0.3, 0.4) is 0 Å². The predicted octanol–water partition coefficient (Wildman–Crippen LogP) is 1.79. The van der Waals surface area contributed by atoms with E-state index in [1.807, 2.05) is 16.9 Å². The minimum absolute atomic E-state index is 0.128. The molecule has 1 rings (SSSR count). The lowest BCUT2D eigenvalue weighted by molar-refractivity contribution is 0.419. The third-order valence-corrected chi connectivity index (χ3v) is 1.98. The van der Waals surface area contributed by atoms with Crippen LogP contribution in [-0.2, 0) is 13.1 Å². The summed E-state index contributed by atoms with van der Waals surface area (Å²) in [6, 6.07) is 2.02. The van der Waals surface area contributed by atoms with E-state index in [1.165, 1.54) is 0 Å². The van der Waals surface area contributed by atoms with Crippen molar-refractivity contribution in [1.29, 1.82) is 0 Å². The highest BCUT2D eigenvalue weighted by Crippen LogP contribution is 2.02. The Kier molecular flexibility index (Phi) is 3.93. The summed E-state index contributed by atoms with van der Waals surface area (Å²) in [5.41, 5.74) is 1.18. The van der Waals surface area contributed by atoms with Gasteiger partial charge in [-0.2, -0.15) is 5.10 Å². The van der Waals surface area contributed by atoms with Crippen LogP contribution in [-0.4, -0.2) is 15.3 Å². The predicted molar refractivity (Wildman–Crippen MR) is 62.3 cm³/mol. The quantitative estimate of drug-likeness (QED) is 0.760. The Labute approximate surface area is 91.9 Å². The highest BCUT2D eigenvalue weighted by atomic mass is 15.3. The van der Waals surface area contributed by atoms with Gasteiger partial charge in [-0.3, -0.25) is 4.68 Å². The van der Waals surface area contributed by atoms with Crippen LogP contribution < -0.4 is 5.32 Å². The van der Waals surface area contributed by atoms with Crippen LogP contribution in [0.15, 0.2) is 12.3 Å². The Hall–Kier alpha value is -1.27. The normalized spacial score (nSPS) is 11.3. The molecule has 0 amide bonds. The van der Waals surface area contributed by atoms with E-state index in [4.69, 9.17) is 6.42 Å². The van der Waals surface area contributed by atoms with E-state index in [0.717, 1.165) is 25.2 Å². The van der Waals surface area contributed by atoms with E-state index in [2.05, 4.69) is 37.1 Å². The highest BCUT2D eigenvalue weighted by Gasteiger charge is 2.09. The van der Waals surface area contributed by atoms with E-state index >= 15 is 0 Å². The lowest BCUT2D eigenvalue weighted by atomic mass is 10.1. The lowest BCUT2D eigenvalue weighted by Crippen LogP contribution is -2.35. The topological polar surface area (TPSA) is 29.9 Å². The standard InChI is InChI=1S/C12H19N3/c1-5-6-8-15-9-7-11(14-15)10-13-12(2,3)4/h1,7,9,13H,6,8,10H2,2-4H3. The molecule has 3 nitrogen and oxygen atoms in total. The maximum atomic E-state index is 5.20. The molecule has 0 unspecified atom stereocenters.